The number of anilines is 1. The zero-order valence-electron chi connectivity index (χ0n) is 12.9. The number of nitrogens with zero attached hydrogens (tertiary/aromatic N) is 2. The fraction of sp³-hybridized carbons (Fsp3) is 0.688. The molecule has 0 aliphatic rings. The van der Waals surface area contributed by atoms with Crippen LogP contribution >= 0.6 is 0 Å². The van der Waals surface area contributed by atoms with Gasteiger partial charge in [0.1, 0.15) is 0 Å². The molecular formula is C16H29N3. The van der Waals surface area contributed by atoms with Crippen molar-refractivity contribution in [2.24, 2.45) is 0 Å². The summed E-state index contributed by atoms with van der Waals surface area (Å²) in [5.74, 6) is 0. The van der Waals surface area contributed by atoms with Gasteiger partial charge in [-0.2, -0.15) is 0 Å². The van der Waals surface area contributed by atoms with Crippen molar-refractivity contribution < 1.29 is 0 Å². The van der Waals surface area contributed by atoms with E-state index in [9.17, 15) is 0 Å². The molecule has 0 bridgehead atoms. The Hall–Kier alpha value is -1.09. The second kappa shape index (κ2) is 8.92. The number of hydrogen-bond acceptors (Lipinski definition) is 3. The molecule has 0 aliphatic carbocycles. The Morgan fingerprint density at radius 2 is 2.00 bits per heavy atom. The highest BCUT2D eigenvalue weighted by atomic mass is 15.1. The minimum Gasteiger partial charge on any atom is -0.371 e. The SMILES string of the molecule is CCCCN(CC)c1ccc(C(CC)NCC)nc1. The van der Waals surface area contributed by atoms with Gasteiger partial charge >= 0.3 is 0 Å². The molecule has 1 rings (SSSR count). The molecule has 3 heteroatoms. The molecule has 1 N–H and O–H groups in total. The summed E-state index contributed by atoms with van der Waals surface area (Å²) in [6.45, 7) is 11.9. The van der Waals surface area contributed by atoms with Gasteiger partial charge in [-0.25, -0.2) is 0 Å². The number of unbranched alkanes of at least 4 members (excludes halogenated alkanes) is 1. The molecule has 3 nitrogen and oxygen atoms in total. The largest absolute Gasteiger partial charge is 0.371 e. The summed E-state index contributed by atoms with van der Waals surface area (Å²) < 4.78 is 0. The van der Waals surface area contributed by atoms with E-state index in [1.807, 2.05) is 6.20 Å². The van der Waals surface area contributed by atoms with Crippen molar-refractivity contribution >= 4 is 5.69 Å². The van der Waals surface area contributed by atoms with Gasteiger partial charge in [0.2, 0.25) is 0 Å². The van der Waals surface area contributed by atoms with Gasteiger partial charge in [-0.15, -0.1) is 0 Å². The average molecular weight is 263 g/mol. The summed E-state index contributed by atoms with van der Waals surface area (Å²) in [6, 6.07) is 4.76. The van der Waals surface area contributed by atoms with E-state index >= 15 is 0 Å². The Bertz CT molecular complexity index is 334. The van der Waals surface area contributed by atoms with Crippen LogP contribution in [0.1, 0.15) is 58.7 Å². The highest BCUT2D eigenvalue weighted by Crippen LogP contribution is 2.18. The molecule has 0 aromatic carbocycles. The van der Waals surface area contributed by atoms with Crippen LogP contribution in [0.25, 0.3) is 0 Å². The molecule has 1 atom stereocenters. The lowest BCUT2D eigenvalue weighted by molar-refractivity contribution is 0.524. The van der Waals surface area contributed by atoms with E-state index in [2.05, 4.69) is 55.0 Å². The molecule has 0 spiro atoms. The van der Waals surface area contributed by atoms with Crippen LogP contribution in [0.3, 0.4) is 0 Å². The molecule has 1 heterocycles. The molecule has 0 aliphatic heterocycles. The van der Waals surface area contributed by atoms with E-state index < -0.39 is 0 Å². The first-order valence-corrected chi connectivity index (χ1v) is 7.70. The van der Waals surface area contributed by atoms with Gasteiger partial charge in [-0.3, -0.25) is 4.98 Å². The molecular weight excluding hydrogens is 234 g/mol. The highest BCUT2D eigenvalue weighted by Gasteiger charge is 2.10. The second-order valence-corrected chi connectivity index (χ2v) is 4.89. The van der Waals surface area contributed by atoms with Gasteiger partial charge < -0.3 is 10.2 Å². The third kappa shape index (κ3) is 4.83. The monoisotopic (exact) mass is 263 g/mol. The minimum absolute atomic E-state index is 0.379. The molecule has 1 aromatic heterocycles. The molecule has 0 saturated heterocycles. The van der Waals surface area contributed by atoms with E-state index in [-0.39, 0.29) is 0 Å². The number of aromatic nitrogens is 1. The number of nitrogens with one attached hydrogen (secondary N) is 1. The van der Waals surface area contributed by atoms with Crippen LogP contribution in [0.15, 0.2) is 18.3 Å². The number of pyridine rings is 1. The van der Waals surface area contributed by atoms with E-state index in [4.69, 9.17) is 0 Å². The molecule has 108 valence electrons. The Morgan fingerprint density at radius 3 is 2.47 bits per heavy atom. The molecule has 1 unspecified atom stereocenters. The first-order chi connectivity index (χ1) is 9.26. The summed E-state index contributed by atoms with van der Waals surface area (Å²) >= 11 is 0. The fourth-order valence-electron chi connectivity index (χ4n) is 2.31. The maximum Gasteiger partial charge on any atom is 0.0574 e. The Labute approximate surface area is 118 Å². The molecule has 19 heavy (non-hydrogen) atoms. The van der Waals surface area contributed by atoms with Crippen LogP contribution < -0.4 is 10.2 Å². The van der Waals surface area contributed by atoms with Gasteiger partial charge in [-0.1, -0.05) is 27.2 Å². The highest BCUT2D eigenvalue weighted by molar-refractivity contribution is 5.44. The van der Waals surface area contributed by atoms with E-state index in [0.29, 0.717) is 6.04 Å². The maximum atomic E-state index is 4.64. The van der Waals surface area contributed by atoms with Crippen LogP contribution in [0.4, 0.5) is 5.69 Å². The lowest BCUT2D eigenvalue weighted by Crippen LogP contribution is -2.25. The molecule has 0 saturated carbocycles. The van der Waals surface area contributed by atoms with Crippen molar-refractivity contribution in [2.75, 3.05) is 24.5 Å². The van der Waals surface area contributed by atoms with E-state index in [1.54, 1.807) is 0 Å². The Balaban J connectivity index is 2.73. The fourth-order valence-corrected chi connectivity index (χ4v) is 2.31. The normalized spacial score (nSPS) is 12.4. The summed E-state index contributed by atoms with van der Waals surface area (Å²) in [5, 5.41) is 3.47. The quantitative estimate of drug-likeness (QED) is 0.735. The Kier molecular flexibility index (Phi) is 7.49. The lowest BCUT2D eigenvalue weighted by atomic mass is 10.1. The van der Waals surface area contributed by atoms with Crippen molar-refractivity contribution in [1.29, 1.82) is 0 Å². The van der Waals surface area contributed by atoms with Crippen LogP contribution in [0.2, 0.25) is 0 Å². The molecule has 0 fully saturated rings. The Morgan fingerprint density at radius 1 is 1.21 bits per heavy atom. The predicted octanol–water partition coefficient (Wildman–Crippen LogP) is 3.77. The van der Waals surface area contributed by atoms with Crippen molar-refractivity contribution in [1.82, 2.24) is 10.3 Å². The lowest BCUT2D eigenvalue weighted by Gasteiger charge is -2.23. The van der Waals surface area contributed by atoms with E-state index in [1.165, 1.54) is 18.5 Å². The van der Waals surface area contributed by atoms with Crippen LogP contribution in [-0.4, -0.2) is 24.6 Å². The minimum atomic E-state index is 0.379. The third-order valence-corrected chi connectivity index (χ3v) is 3.51. The third-order valence-electron chi connectivity index (χ3n) is 3.51. The number of rotatable bonds is 9. The standard InChI is InChI=1S/C16H29N3/c1-5-9-12-19(8-4)14-10-11-16(18-13-14)15(6-2)17-7-3/h10-11,13,15,17H,5-9,12H2,1-4H3. The second-order valence-electron chi connectivity index (χ2n) is 4.89. The van der Waals surface area contributed by atoms with Crippen molar-refractivity contribution in [3.05, 3.63) is 24.0 Å². The van der Waals surface area contributed by atoms with Crippen molar-refractivity contribution in [3.63, 3.8) is 0 Å². The summed E-state index contributed by atoms with van der Waals surface area (Å²) in [7, 11) is 0. The topological polar surface area (TPSA) is 28.2 Å². The number of hydrogen-bond donors (Lipinski definition) is 1. The van der Waals surface area contributed by atoms with Gasteiger partial charge in [0.15, 0.2) is 0 Å². The van der Waals surface area contributed by atoms with Crippen LogP contribution in [0, 0.1) is 0 Å². The van der Waals surface area contributed by atoms with Crippen LogP contribution in [0.5, 0.6) is 0 Å². The van der Waals surface area contributed by atoms with Gasteiger partial charge in [0.25, 0.3) is 0 Å². The summed E-state index contributed by atoms with van der Waals surface area (Å²) in [5.41, 5.74) is 2.39. The van der Waals surface area contributed by atoms with Gasteiger partial charge in [0, 0.05) is 19.1 Å². The van der Waals surface area contributed by atoms with Gasteiger partial charge in [0.05, 0.1) is 17.6 Å². The molecule has 1 aromatic rings. The maximum absolute atomic E-state index is 4.64. The van der Waals surface area contributed by atoms with Crippen LogP contribution in [-0.2, 0) is 0 Å². The summed E-state index contributed by atoms with van der Waals surface area (Å²) in [4.78, 5) is 7.04. The zero-order valence-corrected chi connectivity index (χ0v) is 12.9. The predicted molar refractivity (Wildman–Crippen MR) is 83.7 cm³/mol. The van der Waals surface area contributed by atoms with Gasteiger partial charge in [-0.05, 0) is 38.4 Å². The van der Waals surface area contributed by atoms with E-state index in [0.717, 1.165) is 31.7 Å². The molecule has 0 amide bonds. The summed E-state index contributed by atoms with van der Waals surface area (Å²) in [6.07, 6.45) is 5.58. The zero-order chi connectivity index (χ0) is 14.1. The average Bonchev–Trinajstić information content (AvgIpc) is 2.46. The van der Waals surface area contributed by atoms with Crippen molar-refractivity contribution in [3.8, 4) is 0 Å². The van der Waals surface area contributed by atoms with Crippen molar-refractivity contribution in [2.45, 2.75) is 53.0 Å². The first-order valence-electron chi connectivity index (χ1n) is 7.70. The first kappa shape index (κ1) is 16.0. The molecule has 0 radical (unpaired) electrons. The smallest absolute Gasteiger partial charge is 0.0574 e.